The van der Waals surface area contributed by atoms with Gasteiger partial charge >= 0.3 is 0 Å². The molecule has 0 spiro atoms. The van der Waals surface area contributed by atoms with Gasteiger partial charge in [0.2, 0.25) is 0 Å². The molecule has 0 fully saturated rings. The fourth-order valence-electron chi connectivity index (χ4n) is 1.96. The molecule has 0 aromatic heterocycles. The van der Waals surface area contributed by atoms with Gasteiger partial charge in [0.15, 0.2) is 5.82 Å². The van der Waals surface area contributed by atoms with E-state index in [2.05, 4.69) is 25.9 Å². The Bertz CT molecular complexity index is 419. The molecule has 2 nitrogen and oxygen atoms in total. The van der Waals surface area contributed by atoms with Crippen LogP contribution in [0.1, 0.15) is 25.3 Å². The zero-order chi connectivity index (χ0) is 14.6. The Labute approximate surface area is 121 Å². The molecule has 0 N–H and O–H groups in total. The topological polar surface area (TPSA) is 6.48 Å². The average molecular weight is 287 g/mol. The van der Waals surface area contributed by atoms with Gasteiger partial charge in [-0.25, -0.2) is 4.39 Å². The minimum atomic E-state index is -0.336. The number of halogens is 2. The van der Waals surface area contributed by atoms with Crippen LogP contribution in [0.5, 0.6) is 0 Å². The number of aryl methyl sites for hydroxylation is 1. The van der Waals surface area contributed by atoms with Gasteiger partial charge in [-0.2, -0.15) is 0 Å². The molecule has 1 rings (SSSR count). The standard InChI is InChI=1S/C15H24ClFN2/c1-11(18(2)3)7-6-8-12-9-13(16)15(17)14(10-12)19(4)5/h9-11H,6-8H2,1-5H3/t11-/m0/s1. The summed E-state index contributed by atoms with van der Waals surface area (Å²) >= 11 is 5.95. The van der Waals surface area contributed by atoms with Crippen molar-refractivity contribution in [2.75, 3.05) is 33.1 Å². The number of hydrogen-bond acceptors (Lipinski definition) is 2. The highest BCUT2D eigenvalue weighted by Gasteiger charge is 2.11. The number of anilines is 1. The van der Waals surface area contributed by atoms with E-state index in [-0.39, 0.29) is 10.8 Å². The van der Waals surface area contributed by atoms with Crippen LogP contribution < -0.4 is 4.90 Å². The third kappa shape index (κ3) is 4.66. The van der Waals surface area contributed by atoms with Crippen LogP contribution in [0.3, 0.4) is 0 Å². The van der Waals surface area contributed by atoms with E-state index >= 15 is 0 Å². The van der Waals surface area contributed by atoms with Crippen molar-refractivity contribution in [3.63, 3.8) is 0 Å². The second kappa shape index (κ2) is 7.11. The minimum Gasteiger partial charge on any atom is -0.375 e. The van der Waals surface area contributed by atoms with Gasteiger partial charge in [0, 0.05) is 20.1 Å². The summed E-state index contributed by atoms with van der Waals surface area (Å²) in [5.74, 6) is -0.336. The van der Waals surface area contributed by atoms with Crippen LogP contribution in [0.2, 0.25) is 5.02 Å². The van der Waals surface area contributed by atoms with Gasteiger partial charge in [-0.1, -0.05) is 11.6 Å². The smallest absolute Gasteiger partial charge is 0.165 e. The first-order valence-electron chi connectivity index (χ1n) is 6.64. The lowest BCUT2D eigenvalue weighted by atomic mass is 10.0. The Morgan fingerprint density at radius 3 is 2.37 bits per heavy atom. The third-order valence-corrected chi connectivity index (χ3v) is 3.79. The average Bonchev–Trinajstić information content (AvgIpc) is 2.32. The minimum absolute atomic E-state index is 0.210. The zero-order valence-corrected chi connectivity index (χ0v) is 13.3. The molecular formula is C15H24ClFN2. The van der Waals surface area contributed by atoms with Crippen LogP contribution in [0.25, 0.3) is 0 Å². The van der Waals surface area contributed by atoms with E-state index in [1.807, 2.05) is 20.2 Å². The maximum atomic E-state index is 13.8. The van der Waals surface area contributed by atoms with Gasteiger partial charge in [0.1, 0.15) is 0 Å². The van der Waals surface area contributed by atoms with Crippen molar-refractivity contribution in [3.05, 3.63) is 28.5 Å². The van der Waals surface area contributed by atoms with Crippen LogP contribution in [0, 0.1) is 5.82 Å². The highest BCUT2D eigenvalue weighted by molar-refractivity contribution is 6.31. The van der Waals surface area contributed by atoms with Crippen LogP contribution >= 0.6 is 11.6 Å². The Morgan fingerprint density at radius 1 is 1.21 bits per heavy atom. The maximum Gasteiger partial charge on any atom is 0.165 e. The van der Waals surface area contributed by atoms with Crippen molar-refractivity contribution in [2.45, 2.75) is 32.2 Å². The summed E-state index contributed by atoms with van der Waals surface area (Å²) in [5, 5.41) is 0.210. The fourth-order valence-corrected chi connectivity index (χ4v) is 2.20. The molecule has 1 atom stereocenters. The molecule has 4 heteroatoms. The van der Waals surface area contributed by atoms with Gasteiger partial charge in [0.25, 0.3) is 0 Å². The summed E-state index contributed by atoms with van der Waals surface area (Å²) in [6.45, 7) is 2.21. The number of rotatable bonds is 6. The molecule has 108 valence electrons. The third-order valence-electron chi connectivity index (χ3n) is 3.52. The van der Waals surface area contributed by atoms with Crippen molar-refractivity contribution >= 4 is 17.3 Å². The molecule has 1 aromatic rings. The summed E-state index contributed by atoms with van der Waals surface area (Å²) in [7, 11) is 7.83. The van der Waals surface area contributed by atoms with Crippen molar-refractivity contribution in [3.8, 4) is 0 Å². The van der Waals surface area contributed by atoms with E-state index in [4.69, 9.17) is 11.6 Å². The Kier molecular flexibility index (Phi) is 6.08. The van der Waals surface area contributed by atoms with E-state index in [1.165, 1.54) is 0 Å². The molecule has 0 heterocycles. The van der Waals surface area contributed by atoms with Crippen LogP contribution in [0.4, 0.5) is 10.1 Å². The van der Waals surface area contributed by atoms with E-state index in [1.54, 1.807) is 11.0 Å². The van der Waals surface area contributed by atoms with Crippen molar-refractivity contribution in [1.29, 1.82) is 0 Å². The summed E-state index contributed by atoms with van der Waals surface area (Å²) in [4.78, 5) is 3.97. The second-order valence-corrected chi connectivity index (χ2v) is 5.92. The molecule has 0 saturated carbocycles. The fraction of sp³-hybridized carbons (Fsp3) is 0.600. The number of nitrogens with zero attached hydrogens (tertiary/aromatic N) is 2. The highest BCUT2D eigenvalue weighted by Crippen LogP contribution is 2.27. The normalized spacial score (nSPS) is 12.8. The summed E-state index contributed by atoms with van der Waals surface area (Å²) in [6.07, 6.45) is 3.13. The van der Waals surface area contributed by atoms with Crippen molar-refractivity contribution in [1.82, 2.24) is 4.90 Å². The molecule has 0 aliphatic heterocycles. The molecule has 1 aromatic carbocycles. The van der Waals surface area contributed by atoms with Gasteiger partial charge in [-0.15, -0.1) is 0 Å². The Hall–Kier alpha value is -0.800. The maximum absolute atomic E-state index is 13.8. The predicted molar refractivity (Wildman–Crippen MR) is 81.8 cm³/mol. The Morgan fingerprint density at radius 2 is 1.84 bits per heavy atom. The van der Waals surface area contributed by atoms with Crippen LogP contribution in [0.15, 0.2) is 12.1 Å². The van der Waals surface area contributed by atoms with Gasteiger partial charge in [0.05, 0.1) is 10.7 Å². The molecule has 0 radical (unpaired) electrons. The second-order valence-electron chi connectivity index (χ2n) is 5.51. The summed E-state index contributed by atoms with van der Waals surface area (Å²) < 4.78 is 13.8. The predicted octanol–water partition coefficient (Wildman–Crippen LogP) is 3.82. The highest BCUT2D eigenvalue weighted by atomic mass is 35.5. The lowest BCUT2D eigenvalue weighted by molar-refractivity contribution is 0.294. The van der Waals surface area contributed by atoms with E-state index in [0.717, 1.165) is 24.8 Å². The largest absolute Gasteiger partial charge is 0.375 e. The van der Waals surface area contributed by atoms with Crippen molar-refractivity contribution in [2.24, 2.45) is 0 Å². The van der Waals surface area contributed by atoms with Gasteiger partial charge in [-0.3, -0.25) is 0 Å². The van der Waals surface area contributed by atoms with E-state index < -0.39 is 0 Å². The lowest BCUT2D eigenvalue weighted by Gasteiger charge is -2.20. The van der Waals surface area contributed by atoms with Gasteiger partial charge < -0.3 is 9.80 Å². The molecule has 0 aliphatic carbocycles. The SMILES string of the molecule is C[C@@H](CCCc1cc(Cl)c(F)c(N(C)C)c1)N(C)C. The monoisotopic (exact) mass is 286 g/mol. The first-order chi connectivity index (χ1) is 8.82. The van der Waals surface area contributed by atoms with Crippen LogP contribution in [-0.2, 0) is 6.42 Å². The quantitative estimate of drug-likeness (QED) is 0.784. The first kappa shape index (κ1) is 16.3. The molecule has 19 heavy (non-hydrogen) atoms. The van der Waals surface area contributed by atoms with E-state index in [0.29, 0.717) is 11.7 Å². The first-order valence-corrected chi connectivity index (χ1v) is 7.02. The zero-order valence-electron chi connectivity index (χ0n) is 12.5. The molecular weight excluding hydrogens is 263 g/mol. The lowest BCUT2D eigenvalue weighted by Crippen LogP contribution is -2.24. The van der Waals surface area contributed by atoms with E-state index in [9.17, 15) is 4.39 Å². The number of hydrogen-bond donors (Lipinski definition) is 0. The molecule has 0 aliphatic rings. The molecule has 0 unspecified atom stereocenters. The summed E-state index contributed by atoms with van der Waals surface area (Å²) in [5.41, 5.74) is 1.66. The molecule has 0 amide bonds. The Balaban J connectivity index is 2.69. The number of benzene rings is 1. The van der Waals surface area contributed by atoms with Gasteiger partial charge in [-0.05, 0) is 58.0 Å². The summed E-state index contributed by atoms with van der Waals surface area (Å²) in [6, 6.07) is 4.19. The molecule has 0 bridgehead atoms. The molecule has 0 saturated heterocycles. The van der Waals surface area contributed by atoms with Crippen molar-refractivity contribution < 1.29 is 4.39 Å². The van der Waals surface area contributed by atoms with Crippen LogP contribution in [-0.4, -0.2) is 39.1 Å².